The van der Waals surface area contributed by atoms with Crippen molar-refractivity contribution in [1.29, 1.82) is 0 Å². The topological polar surface area (TPSA) is 38.9 Å². The van der Waals surface area contributed by atoms with E-state index >= 15 is 0 Å². The van der Waals surface area contributed by atoms with Crippen LogP contribution in [0.5, 0.6) is 0 Å². The van der Waals surface area contributed by atoms with E-state index in [1.807, 2.05) is 25.3 Å². The highest BCUT2D eigenvalue weighted by Gasteiger charge is 2.08. The zero-order chi connectivity index (χ0) is 12.3. The number of benzene rings is 1. The second-order valence-corrected chi connectivity index (χ2v) is 4.86. The molecule has 17 heavy (non-hydrogen) atoms. The lowest BCUT2D eigenvalue weighted by Gasteiger charge is -2.12. The Labute approximate surface area is 106 Å². The van der Waals surface area contributed by atoms with Gasteiger partial charge in [0.25, 0.3) is 0 Å². The summed E-state index contributed by atoms with van der Waals surface area (Å²) in [5.74, 6) is 0. The number of nitrogens with two attached hydrogens (primary N) is 1. The van der Waals surface area contributed by atoms with Gasteiger partial charge < -0.3 is 5.73 Å². The molecule has 1 heterocycles. The predicted octanol–water partition coefficient (Wildman–Crippen LogP) is 3.16. The van der Waals surface area contributed by atoms with Crippen LogP contribution in [0.25, 0.3) is 0 Å². The lowest BCUT2D eigenvalue weighted by atomic mass is 10.0. The summed E-state index contributed by atoms with van der Waals surface area (Å²) in [6, 6.07) is 12.3. The summed E-state index contributed by atoms with van der Waals surface area (Å²) in [7, 11) is 0. The van der Waals surface area contributed by atoms with Gasteiger partial charge in [0.15, 0.2) is 0 Å². The molecule has 2 nitrogen and oxygen atoms in total. The number of aryl methyl sites for hydroxylation is 1. The van der Waals surface area contributed by atoms with Gasteiger partial charge in [-0.2, -0.15) is 0 Å². The molecule has 0 amide bonds. The van der Waals surface area contributed by atoms with Crippen LogP contribution in [0.15, 0.2) is 47.5 Å². The monoisotopic (exact) mass is 244 g/mol. The van der Waals surface area contributed by atoms with E-state index in [4.69, 9.17) is 5.73 Å². The third kappa shape index (κ3) is 2.87. The summed E-state index contributed by atoms with van der Waals surface area (Å²) in [6.45, 7) is 1.97. The first-order valence-corrected chi connectivity index (χ1v) is 6.75. The van der Waals surface area contributed by atoms with Crippen LogP contribution in [0.4, 0.5) is 0 Å². The maximum Gasteiger partial charge on any atom is 0.0566 e. The molecule has 2 rings (SSSR count). The second-order valence-electron chi connectivity index (χ2n) is 3.98. The van der Waals surface area contributed by atoms with E-state index in [9.17, 15) is 0 Å². The summed E-state index contributed by atoms with van der Waals surface area (Å²) in [5, 5.41) is 0. The maximum atomic E-state index is 6.21. The smallest absolute Gasteiger partial charge is 0.0566 e. The van der Waals surface area contributed by atoms with Gasteiger partial charge >= 0.3 is 0 Å². The molecule has 0 aliphatic rings. The fourth-order valence-electron chi connectivity index (χ4n) is 1.67. The Kier molecular flexibility index (Phi) is 3.82. The van der Waals surface area contributed by atoms with E-state index in [1.165, 1.54) is 4.90 Å². The third-order valence-electron chi connectivity index (χ3n) is 2.77. The van der Waals surface area contributed by atoms with E-state index < -0.39 is 0 Å². The van der Waals surface area contributed by atoms with Crippen LogP contribution in [-0.2, 0) is 0 Å². The van der Waals surface area contributed by atoms with Crippen LogP contribution in [-0.4, -0.2) is 11.2 Å². The number of hydrogen-bond acceptors (Lipinski definition) is 3. The first kappa shape index (κ1) is 12.1. The van der Waals surface area contributed by atoms with Gasteiger partial charge in [0.1, 0.15) is 0 Å². The van der Waals surface area contributed by atoms with Gasteiger partial charge in [-0.25, -0.2) is 0 Å². The molecule has 1 unspecified atom stereocenters. The Morgan fingerprint density at radius 3 is 2.24 bits per heavy atom. The van der Waals surface area contributed by atoms with Crippen LogP contribution in [0.1, 0.15) is 22.9 Å². The van der Waals surface area contributed by atoms with Crippen molar-refractivity contribution in [2.75, 3.05) is 6.26 Å². The zero-order valence-corrected chi connectivity index (χ0v) is 10.9. The van der Waals surface area contributed by atoms with Crippen molar-refractivity contribution >= 4 is 11.8 Å². The Morgan fingerprint density at radius 1 is 1.06 bits per heavy atom. The van der Waals surface area contributed by atoms with Crippen molar-refractivity contribution in [3.05, 3.63) is 59.4 Å². The van der Waals surface area contributed by atoms with Crippen molar-refractivity contribution < 1.29 is 0 Å². The lowest BCUT2D eigenvalue weighted by Crippen LogP contribution is -2.12. The van der Waals surface area contributed by atoms with Crippen LogP contribution >= 0.6 is 11.8 Å². The second kappa shape index (κ2) is 5.34. The lowest BCUT2D eigenvalue weighted by molar-refractivity contribution is 0.859. The molecule has 2 N–H and O–H groups in total. The van der Waals surface area contributed by atoms with Crippen LogP contribution in [0.3, 0.4) is 0 Å². The van der Waals surface area contributed by atoms with Crippen molar-refractivity contribution in [3.8, 4) is 0 Å². The number of aromatic nitrogens is 1. The number of pyridine rings is 1. The molecule has 1 aromatic heterocycles. The highest BCUT2D eigenvalue weighted by molar-refractivity contribution is 7.98. The Bertz CT molecular complexity index is 477. The van der Waals surface area contributed by atoms with E-state index in [0.717, 1.165) is 16.8 Å². The predicted molar refractivity (Wildman–Crippen MR) is 73.2 cm³/mol. The molecule has 0 saturated carbocycles. The molecular weight excluding hydrogens is 228 g/mol. The molecular formula is C14H16N2S. The Hall–Kier alpha value is -1.32. The summed E-state index contributed by atoms with van der Waals surface area (Å²) in [5.41, 5.74) is 9.39. The minimum Gasteiger partial charge on any atom is -0.320 e. The summed E-state index contributed by atoms with van der Waals surface area (Å²) in [4.78, 5) is 5.53. The molecule has 3 heteroatoms. The van der Waals surface area contributed by atoms with Gasteiger partial charge in [0.2, 0.25) is 0 Å². The molecule has 0 spiro atoms. The van der Waals surface area contributed by atoms with E-state index in [-0.39, 0.29) is 6.04 Å². The van der Waals surface area contributed by atoms with Crippen molar-refractivity contribution in [3.63, 3.8) is 0 Å². The van der Waals surface area contributed by atoms with Crippen LogP contribution in [0.2, 0.25) is 0 Å². The largest absolute Gasteiger partial charge is 0.320 e. The van der Waals surface area contributed by atoms with Crippen LogP contribution < -0.4 is 5.73 Å². The molecule has 88 valence electrons. The number of rotatable bonds is 3. The number of hydrogen-bond donors (Lipinski definition) is 1. The molecule has 0 aliphatic carbocycles. The highest BCUT2D eigenvalue weighted by atomic mass is 32.2. The van der Waals surface area contributed by atoms with Gasteiger partial charge in [0, 0.05) is 16.8 Å². The first-order chi connectivity index (χ1) is 8.20. The molecule has 1 atom stereocenters. The molecule has 0 bridgehead atoms. The molecule has 1 aromatic carbocycles. The molecule has 0 fully saturated rings. The van der Waals surface area contributed by atoms with Gasteiger partial charge in [-0.3, -0.25) is 4.98 Å². The SMILES string of the molecule is CSc1ccc(C(N)c2ccc(C)nc2)cc1. The quantitative estimate of drug-likeness (QED) is 0.843. The van der Waals surface area contributed by atoms with Gasteiger partial charge in [-0.15, -0.1) is 11.8 Å². The first-order valence-electron chi connectivity index (χ1n) is 5.53. The van der Waals surface area contributed by atoms with Crippen molar-refractivity contribution in [2.24, 2.45) is 5.73 Å². The fraction of sp³-hybridized carbons (Fsp3) is 0.214. The average molecular weight is 244 g/mol. The summed E-state index contributed by atoms with van der Waals surface area (Å²) < 4.78 is 0. The summed E-state index contributed by atoms with van der Waals surface area (Å²) >= 11 is 1.73. The molecule has 0 aliphatic heterocycles. The summed E-state index contributed by atoms with van der Waals surface area (Å²) in [6.07, 6.45) is 3.92. The van der Waals surface area contributed by atoms with Gasteiger partial charge in [-0.05, 0) is 42.5 Å². The maximum absolute atomic E-state index is 6.21. The fourth-order valence-corrected chi connectivity index (χ4v) is 2.08. The van der Waals surface area contributed by atoms with E-state index in [1.54, 1.807) is 11.8 Å². The van der Waals surface area contributed by atoms with Crippen molar-refractivity contribution in [2.45, 2.75) is 17.9 Å². The van der Waals surface area contributed by atoms with Crippen molar-refractivity contribution in [1.82, 2.24) is 4.98 Å². The molecule has 0 radical (unpaired) electrons. The third-order valence-corrected chi connectivity index (χ3v) is 3.51. The highest BCUT2D eigenvalue weighted by Crippen LogP contribution is 2.22. The normalized spacial score (nSPS) is 12.4. The van der Waals surface area contributed by atoms with Crippen LogP contribution in [0, 0.1) is 6.92 Å². The zero-order valence-electron chi connectivity index (χ0n) is 10.1. The Morgan fingerprint density at radius 2 is 1.71 bits per heavy atom. The molecule has 0 saturated heterocycles. The van der Waals surface area contributed by atoms with Gasteiger partial charge in [0.05, 0.1) is 6.04 Å². The number of nitrogens with zero attached hydrogens (tertiary/aromatic N) is 1. The number of thioether (sulfide) groups is 1. The molecule has 2 aromatic rings. The standard InChI is InChI=1S/C14H16N2S/c1-10-3-4-12(9-16-10)14(15)11-5-7-13(17-2)8-6-11/h3-9,14H,15H2,1-2H3. The van der Waals surface area contributed by atoms with E-state index in [2.05, 4.69) is 35.5 Å². The Balaban J connectivity index is 2.23. The average Bonchev–Trinajstić information content (AvgIpc) is 2.39. The minimum absolute atomic E-state index is 0.0981. The van der Waals surface area contributed by atoms with Gasteiger partial charge in [-0.1, -0.05) is 18.2 Å². The minimum atomic E-state index is -0.0981. The van der Waals surface area contributed by atoms with E-state index in [0.29, 0.717) is 0 Å².